The number of alkyl halides is 3. The lowest BCUT2D eigenvalue weighted by Gasteiger charge is -2.29. The largest absolute Gasteiger partial charge is 0.549 e. The molecule has 0 spiro atoms. The molecular formula is C6H8F3O2S-. The van der Waals surface area contributed by atoms with E-state index in [0.29, 0.717) is 0 Å². The third-order valence-corrected chi connectivity index (χ3v) is 2.58. The van der Waals surface area contributed by atoms with Gasteiger partial charge in [0.2, 0.25) is 0 Å². The number of carboxylic acid groups (broad SMARTS) is 1. The molecule has 0 amide bonds. The van der Waals surface area contributed by atoms with Gasteiger partial charge in [0.25, 0.3) is 0 Å². The van der Waals surface area contributed by atoms with Crippen molar-refractivity contribution in [1.82, 2.24) is 0 Å². The highest BCUT2D eigenvalue weighted by atomic mass is 32.2. The van der Waals surface area contributed by atoms with Crippen LogP contribution in [0.4, 0.5) is 13.2 Å². The number of carbonyl (C=O) groups is 1. The number of carbonyl (C=O) groups excluding carboxylic acids is 1. The van der Waals surface area contributed by atoms with Crippen LogP contribution in [0.2, 0.25) is 0 Å². The van der Waals surface area contributed by atoms with Crippen LogP contribution in [0.5, 0.6) is 0 Å². The van der Waals surface area contributed by atoms with E-state index in [1.807, 2.05) is 0 Å². The highest BCUT2D eigenvalue weighted by Crippen LogP contribution is 2.41. The van der Waals surface area contributed by atoms with Crippen LogP contribution in [-0.2, 0) is 4.79 Å². The fourth-order valence-corrected chi connectivity index (χ4v) is 1.25. The Kier molecular flexibility index (Phi) is 3.44. The van der Waals surface area contributed by atoms with Crippen LogP contribution in [0.15, 0.2) is 0 Å². The first-order valence-electron chi connectivity index (χ1n) is 3.19. The highest BCUT2D eigenvalue weighted by Gasteiger charge is 2.40. The summed E-state index contributed by atoms with van der Waals surface area (Å²) in [6, 6.07) is 0. The van der Waals surface area contributed by atoms with Crippen LogP contribution in [0.3, 0.4) is 0 Å². The first-order valence-corrected chi connectivity index (χ1v) is 4.01. The molecule has 0 aromatic heterocycles. The molecule has 2 nitrogen and oxygen atoms in total. The average Bonchev–Trinajstić information content (AvgIpc) is 1.83. The van der Waals surface area contributed by atoms with Crippen molar-refractivity contribution in [1.29, 1.82) is 0 Å². The molecule has 0 aromatic rings. The number of carboxylic acids is 1. The molecule has 0 heterocycles. The van der Waals surface area contributed by atoms with Gasteiger partial charge in [-0.2, -0.15) is 13.2 Å². The highest BCUT2D eigenvalue weighted by molar-refractivity contribution is 8.02. The number of rotatable bonds is 3. The molecule has 0 aromatic carbocycles. The second-order valence-corrected chi connectivity index (χ2v) is 3.99. The minimum atomic E-state index is -4.54. The smallest absolute Gasteiger partial charge is 0.442 e. The molecule has 0 rings (SSSR count). The molecule has 0 bridgehead atoms. The summed E-state index contributed by atoms with van der Waals surface area (Å²) in [5.74, 6) is -1.69. The van der Waals surface area contributed by atoms with Gasteiger partial charge in [0, 0.05) is 0 Å². The quantitative estimate of drug-likeness (QED) is 0.687. The summed E-state index contributed by atoms with van der Waals surface area (Å²) in [6.45, 7) is 2.37. The van der Waals surface area contributed by atoms with Crippen molar-refractivity contribution in [3.05, 3.63) is 0 Å². The maximum atomic E-state index is 11.8. The normalized spacial score (nSPS) is 17.1. The molecule has 72 valence electrons. The Bertz CT molecular complexity index is 180. The maximum Gasteiger partial charge on any atom is 0.442 e. The van der Waals surface area contributed by atoms with Gasteiger partial charge in [0.15, 0.2) is 0 Å². The summed E-state index contributed by atoms with van der Waals surface area (Å²) in [5.41, 5.74) is -4.54. The average molecular weight is 201 g/mol. The van der Waals surface area contributed by atoms with Gasteiger partial charge in [0.05, 0.1) is 10.7 Å². The molecule has 0 aliphatic heterocycles. The maximum absolute atomic E-state index is 11.8. The van der Waals surface area contributed by atoms with E-state index in [9.17, 15) is 23.1 Å². The van der Waals surface area contributed by atoms with Crippen molar-refractivity contribution in [2.24, 2.45) is 0 Å². The van der Waals surface area contributed by atoms with E-state index in [0.717, 1.165) is 6.92 Å². The van der Waals surface area contributed by atoms with Gasteiger partial charge in [-0.15, -0.1) is 0 Å². The Hall–Kier alpha value is -0.390. The second-order valence-electron chi connectivity index (χ2n) is 2.42. The molecule has 0 N–H and O–H groups in total. The van der Waals surface area contributed by atoms with Crippen molar-refractivity contribution < 1.29 is 23.1 Å². The molecule has 6 heteroatoms. The van der Waals surface area contributed by atoms with Crippen LogP contribution in [0, 0.1) is 0 Å². The van der Waals surface area contributed by atoms with Crippen LogP contribution >= 0.6 is 11.8 Å². The molecule has 0 saturated carbocycles. The first-order chi connectivity index (χ1) is 5.21. The van der Waals surface area contributed by atoms with E-state index in [1.165, 1.54) is 6.92 Å². The van der Waals surface area contributed by atoms with Crippen LogP contribution in [0.1, 0.15) is 20.3 Å². The number of halogens is 3. The van der Waals surface area contributed by atoms with E-state index in [1.54, 1.807) is 0 Å². The topological polar surface area (TPSA) is 40.1 Å². The Labute approximate surface area is 72.1 Å². The molecule has 1 atom stereocenters. The fourth-order valence-electron chi connectivity index (χ4n) is 0.514. The monoisotopic (exact) mass is 201 g/mol. The summed E-state index contributed by atoms with van der Waals surface area (Å²) in [5, 5.41) is 10.3. The Morgan fingerprint density at radius 1 is 1.50 bits per heavy atom. The summed E-state index contributed by atoms with van der Waals surface area (Å²) in [4.78, 5) is 10.3. The van der Waals surface area contributed by atoms with Crippen LogP contribution in [0.25, 0.3) is 0 Å². The summed E-state index contributed by atoms with van der Waals surface area (Å²) in [7, 11) is 0. The van der Waals surface area contributed by atoms with E-state index in [4.69, 9.17) is 0 Å². The van der Waals surface area contributed by atoms with Gasteiger partial charge in [0.1, 0.15) is 0 Å². The van der Waals surface area contributed by atoms with Gasteiger partial charge < -0.3 is 9.90 Å². The Morgan fingerprint density at radius 3 is 2.00 bits per heavy atom. The van der Waals surface area contributed by atoms with Crippen LogP contribution < -0.4 is 5.11 Å². The van der Waals surface area contributed by atoms with Gasteiger partial charge in [-0.1, -0.05) is 6.92 Å². The fraction of sp³-hybridized carbons (Fsp3) is 0.833. The third-order valence-electron chi connectivity index (χ3n) is 1.45. The molecule has 12 heavy (non-hydrogen) atoms. The first kappa shape index (κ1) is 11.6. The van der Waals surface area contributed by atoms with Crippen molar-refractivity contribution in [3.8, 4) is 0 Å². The molecule has 0 aliphatic rings. The van der Waals surface area contributed by atoms with Gasteiger partial charge in [-0.25, -0.2) is 0 Å². The molecular weight excluding hydrogens is 193 g/mol. The molecule has 0 radical (unpaired) electrons. The lowest BCUT2D eigenvalue weighted by atomic mass is 10.1. The van der Waals surface area contributed by atoms with E-state index in [2.05, 4.69) is 0 Å². The third kappa shape index (κ3) is 3.34. The van der Waals surface area contributed by atoms with Crippen molar-refractivity contribution in [2.45, 2.75) is 30.5 Å². The molecule has 1 unspecified atom stereocenters. The van der Waals surface area contributed by atoms with E-state index >= 15 is 0 Å². The van der Waals surface area contributed by atoms with Crippen molar-refractivity contribution in [3.63, 3.8) is 0 Å². The molecule has 0 aliphatic carbocycles. The number of hydrogen-bond donors (Lipinski definition) is 0. The summed E-state index contributed by atoms with van der Waals surface area (Å²) < 4.78 is 33.4. The minimum absolute atomic E-state index is 0.125. The minimum Gasteiger partial charge on any atom is -0.549 e. The summed E-state index contributed by atoms with van der Waals surface area (Å²) >= 11 is -0.550. The number of aliphatic carboxylic acids is 1. The second kappa shape index (κ2) is 3.55. The van der Waals surface area contributed by atoms with E-state index in [-0.39, 0.29) is 6.42 Å². The van der Waals surface area contributed by atoms with Crippen LogP contribution in [-0.4, -0.2) is 16.2 Å². The van der Waals surface area contributed by atoms with Gasteiger partial charge in [-0.3, -0.25) is 0 Å². The SMILES string of the molecule is CCC(C)(SC(F)(F)F)C(=O)[O-]. The van der Waals surface area contributed by atoms with Gasteiger partial charge in [-0.05, 0) is 25.1 Å². The Balaban J connectivity index is 4.46. The summed E-state index contributed by atoms with van der Waals surface area (Å²) in [6.07, 6.45) is -0.125. The van der Waals surface area contributed by atoms with Gasteiger partial charge >= 0.3 is 5.51 Å². The lowest BCUT2D eigenvalue weighted by molar-refractivity contribution is -0.309. The Morgan fingerprint density at radius 2 is 1.92 bits per heavy atom. The molecule has 0 fully saturated rings. The molecule has 0 saturated heterocycles. The number of hydrogen-bond acceptors (Lipinski definition) is 3. The number of thioether (sulfide) groups is 1. The zero-order valence-electron chi connectivity index (χ0n) is 6.57. The van der Waals surface area contributed by atoms with E-state index < -0.39 is 28.0 Å². The predicted octanol–water partition coefficient (Wildman–Crippen LogP) is 1.16. The standard InChI is InChI=1S/C6H9F3O2S/c1-3-5(2,4(10)11)12-6(7,8)9/h3H2,1-2H3,(H,10,11)/p-1. The lowest BCUT2D eigenvalue weighted by Crippen LogP contribution is -2.44. The van der Waals surface area contributed by atoms with Crippen molar-refractivity contribution >= 4 is 17.7 Å². The predicted molar refractivity (Wildman–Crippen MR) is 37.3 cm³/mol. The zero-order valence-corrected chi connectivity index (χ0v) is 7.38. The zero-order chi connectivity index (χ0) is 9.99. The van der Waals surface area contributed by atoms with Crippen molar-refractivity contribution in [2.75, 3.05) is 0 Å².